The number of rotatable bonds is 3. The van der Waals surface area contributed by atoms with Crippen LogP contribution in [0.1, 0.15) is 26.7 Å². The van der Waals surface area contributed by atoms with Crippen molar-refractivity contribution in [1.82, 2.24) is 4.90 Å². The quantitative estimate of drug-likeness (QED) is 0.455. The Kier molecular flexibility index (Phi) is 3.89. The van der Waals surface area contributed by atoms with Crippen LogP contribution in [-0.4, -0.2) is 41.1 Å². The van der Waals surface area contributed by atoms with Crippen LogP contribution in [0, 0.1) is 11.3 Å². The van der Waals surface area contributed by atoms with Crippen LogP contribution >= 0.6 is 0 Å². The third-order valence-electron chi connectivity index (χ3n) is 3.12. The standard InChI is InChI=1S/C10H21N3O/c1-7(10(11)12)6-13-5-3-4-9(14)8(13)2/h7-9,14H,3-6H2,1-2H3,(H3,11,12). The summed E-state index contributed by atoms with van der Waals surface area (Å²) in [6.45, 7) is 5.79. The minimum absolute atomic E-state index is 0.0859. The average molecular weight is 199 g/mol. The van der Waals surface area contributed by atoms with Crippen molar-refractivity contribution in [2.75, 3.05) is 13.1 Å². The Balaban J connectivity index is 2.46. The lowest BCUT2D eigenvalue weighted by Crippen LogP contribution is -2.49. The number of piperidine rings is 1. The second-order valence-corrected chi connectivity index (χ2v) is 4.30. The molecule has 1 heterocycles. The maximum Gasteiger partial charge on any atom is 0.0947 e. The lowest BCUT2D eigenvalue weighted by atomic mass is 9.98. The van der Waals surface area contributed by atoms with Crippen molar-refractivity contribution < 1.29 is 5.11 Å². The predicted molar refractivity (Wildman–Crippen MR) is 57.4 cm³/mol. The van der Waals surface area contributed by atoms with Crippen molar-refractivity contribution in [2.24, 2.45) is 11.7 Å². The monoisotopic (exact) mass is 199 g/mol. The van der Waals surface area contributed by atoms with Gasteiger partial charge in [-0.2, -0.15) is 0 Å². The number of hydrogen-bond donors (Lipinski definition) is 3. The molecule has 3 atom stereocenters. The largest absolute Gasteiger partial charge is 0.392 e. The summed E-state index contributed by atoms with van der Waals surface area (Å²) in [6.07, 6.45) is 1.71. The van der Waals surface area contributed by atoms with E-state index in [1.165, 1.54) is 0 Å². The molecule has 1 fully saturated rings. The molecular formula is C10H21N3O. The Labute approximate surface area is 85.6 Å². The van der Waals surface area contributed by atoms with E-state index in [9.17, 15) is 5.11 Å². The zero-order valence-electron chi connectivity index (χ0n) is 9.03. The molecule has 0 spiro atoms. The zero-order valence-corrected chi connectivity index (χ0v) is 9.03. The first kappa shape index (κ1) is 11.5. The molecule has 0 aromatic carbocycles. The fourth-order valence-corrected chi connectivity index (χ4v) is 1.90. The summed E-state index contributed by atoms with van der Waals surface area (Å²) in [7, 11) is 0. The van der Waals surface area contributed by atoms with Crippen LogP contribution in [0.25, 0.3) is 0 Å². The molecule has 0 aromatic heterocycles. The molecule has 1 aliphatic rings. The number of amidine groups is 1. The fourth-order valence-electron chi connectivity index (χ4n) is 1.90. The van der Waals surface area contributed by atoms with Crippen LogP contribution in [0.15, 0.2) is 0 Å². The summed E-state index contributed by atoms with van der Waals surface area (Å²) in [4.78, 5) is 2.22. The predicted octanol–water partition coefficient (Wildman–Crippen LogP) is 0.404. The first-order valence-electron chi connectivity index (χ1n) is 5.28. The highest BCUT2D eigenvalue weighted by Gasteiger charge is 2.27. The average Bonchev–Trinajstić information content (AvgIpc) is 2.12. The molecule has 1 rings (SSSR count). The number of aliphatic hydroxyl groups excluding tert-OH is 1. The molecular weight excluding hydrogens is 178 g/mol. The first-order valence-corrected chi connectivity index (χ1v) is 5.28. The van der Waals surface area contributed by atoms with Gasteiger partial charge >= 0.3 is 0 Å². The summed E-state index contributed by atoms with van der Waals surface area (Å²) in [5.41, 5.74) is 5.43. The third kappa shape index (κ3) is 2.69. The second-order valence-electron chi connectivity index (χ2n) is 4.30. The van der Waals surface area contributed by atoms with Crippen LogP contribution in [0.3, 0.4) is 0 Å². The Hall–Kier alpha value is -0.610. The van der Waals surface area contributed by atoms with E-state index >= 15 is 0 Å². The number of likely N-dealkylation sites (tertiary alicyclic amines) is 1. The van der Waals surface area contributed by atoms with Crippen LogP contribution in [0.4, 0.5) is 0 Å². The highest BCUT2D eigenvalue weighted by atomic mass is 16.3. The van der Waals surface area contributed by atoms with Crippen molar-refractivity contribution in [3.63, 3.8) is 0 Å². The van der Waals surface area contributed by atoms with E-state index < -0.39 is 0 Å². The van der Waals surface area contributed by atoms with Gasteiger partial charge in [0.2, 0.25) is 0 Å². The minimum atomic E-state index is -0.220. The van der Waals surface area contributed by atoms with E-state index in [4.69, 9.17) is 11.1 Å². The fraction of sp³-hybridized carbons (Fsp3) is 0.900. The zero-order chi connectivity index (χ0) is 10.7. The van der Waals surface area contributed by atoms with Gasteiger partial charge in [0, 0.05) is 18.5 Å². The van der Waals surface area contributed by atoms with Crippen LogP contribution < -0.4 is 5.73 Å². The highest BCUT2D eigenvalue weighted by Crippen LogP contribution is 2.18. The Morgan fingerprint density at radius 2 is 2.36 bits per heavy atom. The third-order valence-corrected chi connectivity index (χ3v) is 3.12. The van der Waals surface area contributed by atoms with Gasteiger partial charge in [-0.3, -0.25) is 10.3 Å². The van der Waals surface area contributed by atoms with Gasteiger partial charge in [-0.1, -0.05) is 6.92 Å². The summed E-state index contributed by atoms with van der Waals surface area (Å²) in [5.74, 6) is 0.319. The maximum absolute atomic E-state index is 9.67. The molecule has 4 heteroatoms. The van der Waals surface area contributed by atoms with E-state index in [2.05, 4.69) is 4.90 Å². The summed E-state index contributed by atoms with van der Waals surface area (Å²) < 4.78 is 0. The molecule has 4 N–H and O–H groups in total. The van der Waals surface area contributed by atoms with Crippen molar-refractivity contribution in [2.45, 2.75) is 38.8 Å². The number of nitrogens with zero attached hydrogens (tertiary/aromatic N) is 1. The van der Waals surface area contributed by atoms with E-state index in [-0.39, 0.29) is 23.9 Å². The van der Waals surface area contributed by atoms with Crippen molar-refractivity contribution in [1.29, 1.82) is 5.41 Å². The molecule has 1 saturated heterocycles. The SMILES string of the molecule is CC(CN1CCCC(O)C1C)C(=N)N. The van der Waals surface area contributed by atoms with Gasteiger partial charge in [0.25, 0.3) is 0 Å². The van der Waals surface area contributed by atoms with Crippen molar-refractivity contribution >= 4 is 5.84 Å². The van der Waals surface area contributed by atoms with Gasteiger partial charge in [0.05, 0.1) is 11.9 Å². The van der Waals surface area contributed by atoms with Gasteiger partial charge in [-0.05, 0) is 26.3 Å². The smallest absolute Gasteiger partial charge is 0.0947 e. The molecule has 1 aliphatic heterocycles. The van der Waals surface area contributed by atoms with Crippen LogP contribution in [0.5, 0.6) is 0 Å². The maximum atomic E-state index is 9.67. The number of nitrogens with one attached hydrogen (secondary N) is 1. The molecule has 3 unspecified atom stereocenters. The molecule has 0 bridgehead atoms. The molecule has 82 valence electrons. The van der Waals surface area contributed by atoms with Crippen LogP contribution in [-0.2, 0) is 0 Å². The molecule has 14 heavy (non-hydrogen) atoms. The number of nitrogens with two attached hydrogens (primary N) is 1. The first-order chi connectivity index (χ1) is 6.52. The number of aliphatic hydroxyl groups is 1. The highest BCUT2D eigenvalue weighted by molar-refractivity contribution is 5.79. The van der Waals surface area contributed by atoms with Gasteiger partial charge in [-0.15, -0.1) is 0 Å². The topological polar surface area (TPSA) is 73.3 Å². The molecule has 0 saturated carbocycles. The summed E-state index contributed by atoms with van der Waals surface area (Å²) >= 11 is 0. The van der Waals surface area contributed by atoms with Crippen LogP contribution in [0.2, 0.25) is 0 Å². The van der Waals surface area contributed by atoms with Crippen molar-refractivity contribution in [3.8, 4) is 0 Å². The molecule has 0 aromatic rings. The normalized spacial score (nSPS) is 31.4. The minimum Gasteiger partial charge on any atom is -0.392 e. The Bertz CT molecular complexity index is 208. The van der Waals surface area contributed by atoms with E-state index in [0.717, 1.165) is 25.9 Å². The van der Waals surface area contributed by atoms with Crippen molar-refractivity contribution in [3.05, 3.63) is 0 Å². The second kappa shape index (κ2) is 4.75. The Morgan fingerprint density at radius 3 is 2.93 bits per heavy atom. The lowest BCUT2D eigenvalue weighted by Gasteiger charge is -2.38. The van der Waals surface area contributed by atoms with E-state index in [1.807, 2.05) is 13.8 Å². The Morgan fingerprint density at radius 1 is 1.71 bits per heavy atom. The van der Waals surface area contributed by atoms with Gasteiger partial charge < -0.3 is 10.8 Å². The van der Waals surface area contributed by atoms with E-state index in [1.54, 1.807) is 0 Å². The lowest BCUT2D eigenvalue weighted by molar-refractivity contribution is 0.0169. The molecule has 0 aliphatic carbocycles. The molecule has 4 nitrogen and oxygen atoms in total. The van der Waals surface area contributed by atoms with Gasteiger partial charge in [0.15, 0.2) is 0 Å². The molecule has 0 amide bonds. The number of hydrogen-bond acceptors (Lipinski definition) is 3. The molecule has 0 radical (unpaired) electrons. The summed E-state index contributed by atoms with van der Waals surface area (Å²) in [5, 5.41) is 17.0. The van der Waals surface area contributed by atoms with Gasteiger partial charge in [0.1, 0.15) is 0 Å². The summed E-state index contributed by atoms with van der Waals surface area (Å²) in [6, 6.07) is 0.200. The van der Waals surface area contributed by atoms with E-state index in [0.29, 0.717) is 0 Å². The van der Waals surface area contributed by atoms with Gasteiger partial charge in [-0.25, -0.2) is 0 Å².